The SMILES string of the molecule is C[C@H](c1ccccc1)N(C)C(=O)CN1C(=O)N[C@](C)(Cc2ccc3c(c2)OCO3)C1=O. The van der Waals surface area contributed by atoms with Crippen LogP contribution < -0.4 is 14.8 Å². The number of nitrogens with zero attached hydrogens (tertiary/aromatic N) is 2. The van der Waals surface area contributed by atoms with Gasteiger partial charge in [-0.1, -0.05) is 36.4 Å². The molecule has 0 radical (unpaired) electrons. The molecule has 0 saturated carbocycles. The van der Waals surface area contributed by atoms with Crippen LogP contribution in [-0.2, 0) is 16.0 Å². The number of hydrogen-bond donors (Lipinski definition) is 1. The molecule has 0 unspecified atom stereocenters. The summed E-state index contributed by atoms with van der Waals surface area (Å²) in [4.78, 5) is 41.0. The summed E-state index contributed by atoms with van der Waals surface area (Å²) in [6, 6.07) is 14.3. The second-order valence-electron chi connectivity index (χ2n) is 8.11. The highest BCUT2D eigenvalue weighted by molar-refractivity contribution is 6.09. The topological polar surface area (TPSA) is 88.2 Å². The number of nitrogens with one attached hydrogen (secondary N) is 1. The summed E-state index contributed by atoms with van der Waals surface area (Å²) < 4.78 is 10.7. The Bertz CT molecular complexity index is 1030. The fourth-order valence-electron chi connectivity index (χ4n) is 3.89. The Balaban J connectivity index is 1.44. The average molecular weight is 423 g/mol. The molecule has 1 fully saturated rings. The van der Waals surface area contributed by atoms with Crippen molar-refractivity contribution in [1.82, 2.24) is 15.1 Å². The number of hydrogen-bond acceptors (Lipinski definition) is 5. The first-order valence-electron chi connectivity index (χ1n) is 10.1. The van der Waals surface area contributed by atoms with Crippen molar-refractivity contribution in [2.45, 2.75) is 31.8 Å². The molecule has 2 atom stereocenters. The van der Waals surface area contributed by atoms with Gasteiger partial charge in [0, 0.05) is 13.5 Å². The van der Waals surface area contributed by atoms with E-state index in [4.69, 9.17) is 9.47 Å². The van der Waals surface area contributed by atoms with E-state index < -0.39 is 17.5 Å². The molecule has 2 heterocycles. The smallest absolute Gasteiger partial charge is 0.325 e. The molecule has 31 heavy (non-hydrogen) atoms. The van der Waals surface area contributed by atoms with Crippen LogP contribution in [0.5, 0.6) is 11.5 Å². The zero-order chi connectivity index (χ0) is 22.2. The average Bonchev–Trinajstić information content (AvgIpc) is 3.31. The minimum Gasteiger partial charge on any atom is -0.454 e. The summed E-state index contributed by atoms with van der Waals surface area (Å²) in [6.07, 6.45) is 0.273. The van der Waals surface area contributed by atoms with Crippen molar-refractivity contribution in [3.05, 3.63) is 59.7 Å². The van der Waals surface area contributed by atoms with Crippen LogP contribution >= 0.6 is 0 Å². The van der Waals surface area contributed by atoms with Crippen LogP contribution in [0, 0.1) is 0 Å². The highest BCUT2D eigenvalue weighted by Crippen LogP contribution is 2.34. The predicted molar refractivity (Wildman–Crippen MR) is 113 cm³/mol. The molecular weight excluding hydrogens is 398 g/mol. The molecule has 2 aliphatic rings. The minimum atomic E-state index is -1.14. The van der Waals surface area contributed by atoms with Gasteiger partial charge in [0.1, 0.15) is 12.1 Å². The Kier molecular flexibility index (Phi) is 5.31. The number of amides is 4. The molecule has 1 N–H and O–H groups in total. The van der Waals surface area contributed by atoms with Gasteiger partial charge in [-0.25, -0.2) is 4.79 Å². The minimum absolute atomic E-state index is 0.163. The van der Waals surface area contributed by atoms with Crippen LogP contribution in [0.1, 0.15) is 31.0 Å². The van der Waals surface area contributed by atoms with Gasteiger partial charge in [-0.05, 0) is 37.1 Å². The van der Waals surface area contributed by atoms with Gasteiger partial charge in [0.2, 0.25) is 12.7 Å². The number of ether oxygens (including phenoxy) is 2. The number of benzene rings is 2. The maximum atomic E-state index is 13.1. The van der Waals surface area contributed by atoms with Crippen molar-refractivity contribution in [1.29, 1.82) is 0 Å². The Morgan fingerprint density at radius 1 is 1.16 bits per heavy atom. The Morgan fingerprint density at radius 3 is 2.61 bits per heavy atom. The lowest BCUT2D eigenvalue weighted by Crippen LogP contribution is -2.47. The number of rotatable bonds is 6. The van der Waals surface area contributed by atoms with Gasteiger partial charge >= 0.3 is 6.03 Å². The van der Waals surface area contributed by atoms with Crippen LogP contribution in [0.3, 0.4) is 0 Å². The lowest BCUT2D eigenvalue weighted by Gasteiger charge is -2.27. The van der Waals surface area contributed by atoms with E-state index in [1.165, 1.54) is 0 Å². The zero-order valence-electron chi connectivity index (χ0n) is 17.8. The van der Waals surface area contributed by atoms with Gasteiger partial charge in [-0.15, -0.1) is 0 Å². The van der Waals surface area contributed by atoms with Gasteiger partial charge in [-0.3, -0.25) is 14.5 Å². The number of urea groups is 1. The Hall–Kier alpha value is -3.55. The van der Waals surface area contributed by atoms with Gasteiger partial charge in [0.25, 0.3) is 5.91 Å². The molecule has 2 aromatic rings. The van der Waals surface area contributed by atoms with Crippen molar-refractivity contribution < 1.29 is 23.9 Å². The molecular formula is C23H25N3O5. The number of imide groups is 1. The largest absolute Gasteiger partial charge is 0.454 e. The molecule has 4 rings (SSSR count). The maximum Gasteiger partial charge on any atom is 0.325 e. The normalized spacial score (nSPS) is 20.5. The molecule has 4 amide bonds. The van der Waals surface area contributed by atoms with E-state index in [-0.39, 0.29) is 31.7 Å². The van der Waals surface area contributed by atoms with Crippen LogP contribution in [0.4, 0.5) is 4.79 Å². The van der Waals surface area contributed by atoms with Crippen LogP contribution in [0.25, 0.3) is 0 Å². The van der Waals surface area contributed by atoms with E-state index in [0.717, 1.165) is 16.0 Å². The summed E-state index contributed by atoms with van der Waals surface area (Å²) in [5.74, 6) is 0.524. The van der Waals surface area contributed by atoms with Crippen molar-refractivity contribution >= 4 is 17.8 Å². The first-order valence-corrected chi connectivity index (χ1v) is 10.1. The van der Waals surface area contributed by atoms with Gasteiger partial charge in [0.05, 0.1) is 6.04 Å². The van der Waals surface area contributed by atoms with Crippen LogP contribution in [0.15, 0.2) is 48.5 Å². The maximum absolute atomic E-state index is 13.1. The molecule has 162 valence electrons. The van der Waals surface area contributed by atoms with E-state index >= 15 is 0 Å². The van der Waals surface area contributed by atoms with E-state index in [1.54, 1.807) is 31.0 Å². The van der Waals surface area contributed by atoms with E-state index in [9.17, 15) is 14.4 Å². The third kappa shape index (κ3) is 3.93. The van der Waals surface area contributed by atoms with Crippen molar-refractivity contribution in [3.8, 4) is 11.5 Å². The van der Waals surface area contributed by atoms with Crippen molar-refractivity contribution in [3.63, 3.8) is 0 Å². The van der Waals surface area contributed by atoms with Crippen LogP contribution in [0.2, 0.25) is 0 Å². The van der Waals surface area contributed by atoms with Gasteiger partial charge in [-0.2, -0.15) is 0 Å². The standard InChI is InChI=1S/C23H25N3O5/c1-15(17-7-5-4-6-8-17)25(3)20(27)13-26-21(28)23(2,24-22(26)29)12-16-9-10-18-19(11-16)31-14-30-18/h4-11,15H,12-14H2,1-3H3,(H,24,29)/t15-,23-/m1/s1. The second kappa shape index (κ2) is 7.94. The number of carbonyl (C=O) groups excluding carboxylic acids is 3. The Morgan fingerprint density at radius 2 is 1.87 bits per heavy atom. The molecule has 1 saturated heterocycles. The summed E-state index contributed by atoms with van der Waals surface area (Å²) in [7, 11) is 1.67. The molecule has 0 bridgehead atoms. The predicted octanol–water partition coefficient (Wildman–Crippen LogP) is 2.49. The first kappa shape index (κ1) is 20.7. The van der Waals surface area contributed by atoms with E-state index in [1.807, 2.05) is 43.3 Å². The molecule has 8 nitrogen and oxygen atoms in total. The zero-order valence-corrected chi connectivity index (χ0v) is 17.8. The highest BCUT2D eigenvalue weighted by Gasteiger charge is 2.48. The summed E-state index contributed by atoms with van der Waals surface area (Å²) in [5.41, 5.74) is 0.654. The summed E-state index contributed by atoms with van der Waals surface area (Å²) in [5, 5.41) is 2.75. The third-order valence-corrected chi connectivity index (χ3v) is 5.89. The van der Waals surface area contributed by atoms with Crippen molar-refractivity contribution in [2.24, 2.45) is 0 Å². The Labute approximate surface area is 180 Å². The first-order chi connectivity index (χ1) is 14.8. The van der Waals surface area contributed by atoms with Crippen LogP contribution in [-0.4, -0.2) is 53.6 Å². The van der Waals surface area contributed by atoms with Gasteiger partial charge < -0.3 is 19.7 Å². The lowest BCUT2D eigenvalue weighted by molar-refractivity contribution is -0.139. The molecule has 8 heteroatoms. The molecule has 2 aliphatic heterocycles. The molecule has 0 aromatic heterocycles. The monoisotopic (exact) mass is 423 g/mol. The van der Waals surface area contributed by atoms with E-state index in [0.29, 0.717) is 11.5 Å². The summed E-state index contributed by atoms with van der Waals surface area (Å²) in [6.45, 7) is 3.42. The fraction of sp³-hybridized carbons (Fsp3) is 0.348. The molecule has 2 aromatic carbocycles. The van der Waals surface area contributed by atoms with Crippen molar-refractivity contribution in [2.75, 3.05) is 20.4 Å². The summed E-state index contributed by atoms with van der Waals surface area (Å²) >= 11 is 0. The quantitative estimate of drug-likeness (QED) is 0.722. The second-order valence-corrected chi connectivity index (χ2v) is 8.11. The molecule has 0 aliphatic carbocycles. The number of fused-ring (bicyclic) bond motifs is 1. The number of carbonyl (C=O) groups is 3. The molecule has 0 spiro atoms. The van der Waals surface area contributed by atoms with Gasteiger partial charge in [0.15, 0.2) is 11.5 Å². The fourth-order valence-corrected chi connectivity index (χ4v) is 3.89. The highest BCUT2D eigenvalue weighted by atomic mass is 16.7. The number of likely N-dealkylation sites (N-methyl/N-ethyl adjacent to an activating group) is 1. The third-order valence-electron chi connectivity index (χ3n) is 5.89. The van der Waals surface area contributed by atoms with E-state index in [2.05, 4.69) is 5.32 Å². The lowest BCUT2D eigenvalue weighted by atomic mass is 9.92.